The van der Waals surface area contributed by atoms with Crippen LogP contribution in [0.1, 0.15) is 42.4 Å². The van der Waals surface area contributed by atoms with Crippen molar-refractivity contribution >= 4 is 0 Å². The molecule has 3 heteroatoms. The molecule has 0 amide bonds. The molecule has 0 saturated carbocycles. The Morgan fingerprint density at radius 3 is 1.67 bits per heavy atom. The van der Waals surface area contributed by atoms with Crippen molar-refractivity contribution in [2.24, 2.45) is 0 Å². The molecule has 0 unspecified atom stereocenters. The third kappa shape index (κ3) is 5.35. The highest BCUT2D eigenvalue weighted by Gasteiger charge is 2.18. The normalized spacial score (nSPS) is 11.0. The van der Waals surface area contributed by atoms with Crippen LogP contribution in [0.5, 0.6) is 17.2 Å². The molecule has 3 aromatic rings. The Bertz CT molecular complexity index is 841. The highest BCUT2D eigenvalue weighted by molar-refractivity contribution is 5.54. The zero-order valence-electron chi connectivity index (χ0n) is 18.4. The number of rotatable bonds is 10. The summed E-state index contributed by atoms with van der Waals surface area (Å²) in [5, 5.41) is 0. The SMILES string of the molecule is COc1cc(C[C](C)CCC(c2ccccc2)c2ccccc2)cc(OC)c1OC. The van der Waals surface area contributed by atoms with Crippen LogP contribution >= 0.6 is 0 Å². The molecule has 157 valence electrons. The van der Waals surface area contributed by atoms with E-state index in [4.69, 9.17) is 14.2 Å². The topological polar surface area (TPSA) is 27.7 Å². The summed E-state index contributed by atoms with van der Waals surface area (Å²) in [4.78, 5) is 0. The van der Waals surface area contributed by atoms with Crippen molar-refractivity contribution in [1.29, 1.82) is 0 Å². The van der Waals surface area contributed by atoms with Crippen molar-refractivity contribution in [3.05, 3.63) is 95.4 Å². The maximum Gasteiger partial charge on any atom is 0.203 e. The first-order valence-corrected chi connectivity index (χ1v) is 10.4. The highest BCUT2D eigenvalue weighted by atomic mass is 16.5. The van der Waals surface area contributed by atoms with Crippen LogP contribution in [0, 0.1) is 5.92 Å². The predicted molar refractivity (Wildman–Crippen MR) is 123 cm³/mol. The van der Waals surface area contributed by atoms with Crippen LogP contribution in [0.3, 0.4) is 0 Å². The maximum absolute atomic E-state index is 5.50. The van der Waals surface area contributed by atoms with E-state index in [0.717, 1.165) is 24.8 Å². The molecule has 1 radical (unpaired) electrons. The second-order valence-corrected chi connectivity index (χ2v) is 7.58. The minimum absolute atomic E-state index is 0.391. The van der Waals surface area contributed by atoms with Gasteiger partial charge in [0.15, 0.2) is 11.5 Å². The van der Waals surface area contributed by atoms with E-state index in [-0.39, 0.29) is 0 Å². The average molecular weight is 404 g/mol. The van der Waals surface area contributed by atoms with E-state index in [1.54, 1.807) is 21.3 Å². The molecule has 0 aliphatic rings. The van der Waals surface area contributed by atoms with Gasteiger partial charge in [0, 0.05) is 5.92 Å². The number of ether oxygens (including phenoxy) is 3. The molecule has 0 aliphatic heterocycles. The quantitative estimate of drug-likeness (QED) is 0.389. The molecule has 0 bridgehead atoms. The zero-order chi connectivity index (χ0) is 21.3. The molecule has 3 aromatic carbocycles. The van der Waals surface area contributed by atoms with Crippen molar-refractivity contribution in [3.63, 3.8) is 0 Å². The van der Waals surface area contributed by atoms with Crippen molar-refractivity contribution in [2.75, 3.05) is 21.3 Å². The lowest BCUT2D eigenvalue weighted by Gasteiger charge is -2.21. The lowest BCUT2D eigenvalue weighted by Crippen LogP contribution is -2.06. The molecule has 0 fully saturated rings. The van der Waals surface area contributed by atoms with Crippen molar-refractivity contribution in [1.82, 2.24) is 0 Å². The maximum atomic E-state index is 5.50. The Kier molecular flexibility index (Phi) is 7.78. The molecule has 0 N–H and O–H groups in total. The van der Waals surface area contributed by atoms with Crippen molar-refractivity contribution < 1.29 is 14.2 Å². The summed E-state index contributed by atoms with van der Waals surface area (Å²) in [6.45, 7) is 2.23. The van der Waals surface area contributed by atoms with Gasteiger partial charge in [-0.1, -0.05) is 67.6 Å². The molecule has 0 aromatic heterocycles. The van der Waals surface area contributed by atoms with Crippen LogP contribution in [0.4, 0.5) is 0 Å². The molecule has 0 atom stereocenters. The Balaban J connectivity index is 1.73. The van der Waals surface area contributed by atoms with Gasteiger partial charge >= 0.3 is 0 Å². The molecule has 30 heavy (non-hydrogen) atoms. The Morgan fingerprint density at radius 2 is 1.23 bits per heavy atom. The van der Waals surface area contributed by atoms with Gasteiger partial charge in [0.05, 0.1) is 21.3 Å². The van der Waals surface area contributed by atoms with E-state index in [1.165, 1.54) is 17.0 Å². The van der Waals surface area contributed by atoms with Gasteiger partial charge < -0.3 is 14.2 Å². The van der Waals surface area contributed by atoms with E-state index in [2.05, 4.69) is 67.6 Å². The van der Waals surface area contributed by atoms with Gasteiger partial charge in [-0.25, -0.2) is 0 Å². The van der Waals surface area contributed by atoms with Gasteiger partial charge in [-0.15, -0.1) is 0 Å². The van der Waals surface area contributed by atoms with E-state index < -0.39 is 0 Å². The Morgan fingerprint density at radius 1 is 0.733 bits per heavy atom. The summed E-state index contributed by atoms with van der Waals surface area (Å²) in [6.07, 6.45) is 3.00. The summed E-state index contributed by atoms with van der Waals surface area (Å²) in [5.74, 6) is 3.86. The Hall–Kier alpha value is -2.94. The minimum atomic E-state index is 0.391. The summed E-state index contributed by atoms with van der Waals surface area (Å²) >= 11 is 0. The fourth-order valence-electron chi connectivity index (χ4n) is 3.96. The van der Waals surface area contributed by atoms with Gasteiger partial charge in [-0.05, 0) is 54.0 Å². The van der Waals surface area contributed by atoms with Gasteiger partial charge in [0.25, 0.3) is 0 Å². The molecule has 0 heterocycles. The molecule has 0 saturated heterocycles. The van der Waals surface area contributed by atoms with Gasteiger partial charge in [0.1, 0.15) is 0 Å². The fraction of sp³-hybridized carbons (Fsp3) is 0.296. The van der Waals surface area contributed by atoms with Crippen molar-refractivity contribution in [3.8, 4) is 17.2 Å². The molecule has 0 spiro atoms. The fourth-order valence-corrected chi connectivity index (χ4v) is 3.96. The first-order chi connectivity index (χ1) is 14.7. The van der Waals surface area contributed by atoms with E-state index >= 15 is 0 Å². The van der Waals surface area contributed by atoms with Gasteiger partial charge in [0.2, 0.25) is 5.75 Å². The van der Waals surface area contributed by atoms with Crippen LogP contribution in [-0.4, -0.2) is 21.3 Å². The van der Waals surface area contributed by atoms with E-state index in [1.807, 2.05) is 12.1 Å². The first-order valence-electron chi connectivity index (χ1n) is 10.4. The second kappa shape index (κ2) is 10.7. The largest absolute Gasteiger partial charge is 0.493 e. The third-order valence-electron chi connectivity index (χ3n) is 5.49. The molecule has 3 rings (SSSR count). The first kappa shape index (κ1) is 21.8. The predicted octanol–water partition coefficient (Wildman–Crippen LogP) is 6.46. The summed E-state index contributed by atoms with van der Waals surface area (Å²) in [6, 6.07) is 25.6. The number of hydrogen-bond acceptors (Lipinski definition) is 3. The Labute approximate surface area is 180 Å². The molecular formula is C27H31O3. The van der Waals surface area contributed by atoms with Crippen LogP contribution in [0.25, 0.3) is 0 Å². The summed E-state index contributed by atoms with van der Waals surface area (Å²) in [7, 11) is 4.94. The number of benzene rings is 3. The van der Waals surface area contributed by atoms with Crippen LogP contribution < -0.4 is 14.2 Å². The summed E-state index contributed by atoms with van der Waals surface area (Å²) in [5.41, 5.74) is 3.89. The van der Waals surface area contributed by atoms with Crippen LogP contribution in [0.2, 0.25) is 0 Å². The monoisotopic (exact) mass is 403 g/mol. The number of hydrogen-bond donors (Lipinski definition) is 0. The minimum Gasteiger partial charge on any atom is -0.493 e. The van der Waals surface area contributed by atoms with Crippen LogP contribution in [0.15, 0.2) is 72.8 Å². The summed E-state index contributed by atoms with van der Waals surface area (Å²) < 4.78 is 16.4. The van der Waals surface area contributed by atoms with Crippen molar-refractivity contribution in [2.45, 2.75) is 32.1 Å². The standard InChI is InChI=1S/C27H31O3/c1-20(17-21-18-25(28-2)27(30-4)26(19-21)29-3)15-16-24(22-11-7-5-8-12-22)23-13-9-6-10-14-23/h5-14,18-19,24H,15-17H2,1-4H3. The molecular weight excluding hydrogens is 372 g/mol. The van der Waals surface area contributed by atoms with E-state index in [0.29, 0.717) is 23.2 Å². The zero-order valence-corrected chi connectivity index (χ0v) is 18.4. The smallest absolute Gasteiger partial charge is 0.203 e. The molecule has 0 aliphatic carbocycles. The lowest BCUT2D eigenvalue weighted by molar-refractivity contribution is 0.324. The van der Waals surface area contributed by atoms with E-state index in [9.17, 15) is 0 Å². The highest BCUT2D eigenvalue weighted by Crippen LogP contribution is 2.39. The third-order valence-corrected chi connectivity index (χ3v) is 5.49. The second-order valence-electron chi connectivity index (χ2n) is 7.58. The molecule has 3 nitrogen and oxygen atoms in total. The average Bonchev–Trinajstić information content (AvgIpc) is 2.80. The van der Waals surface area contributed by atoms with Gasteiger partial charge in [-0.2, -0.15) is 0 Å². The number of methoxy groups -OCH3 is 3. The van der Waals surface area contributed by atoms with Gasteiger partial charge in [-0.3, -0.25) is 0 Å². The lowest BCUT2D eigenvalue weighted by atomic mass is 9.84. The van der Waals surface area contributed by atoms with Crippen LogP contribution in [-0.2, 0) is 6.42 Å².